The Labute approximate surface area is 149 Å². The van der Waals surface area contributed by atoms with Gasteiger partial charge in [0.05, 0.1) is 12.7 Å². The second-order valence-corrected chi connectivity index (χ2v) is 6.44. The van der Waals surface area contributed by atoms with Crippen LogP contribution in [0.3, 0.4) is 0 Å². The first-order chi connectivity index (χ1) is 12.3. The first-order valence-corrected chi connectivity index (χ1v) is 8.33. The fourth-order valence-electron chi connectivity index (χ4n) is 3.33. The van der Waals surface area contributed by atoms with Crippen molar-refractivity contribution in [1.29, 1.82) is 0 Å². The molecule has 0 unspecified atom stereocenters. The number of halogens is 3. The number of carboxylic acid groups (broad SMARTS) is 1. The molecule has 2 saturated heterocycles. The number of aliphatic carboxylic acids is 1. The topological polar surface area (TPSA) is 71.9 Å². The van der Waals surface area contributed by atoms with E-state index in [1.165, 1.54) is 5.56 Å². The van der Waals surface area contributed by atoms with Gasteiger partial charge < -0.3 is 14.6 Å². The molecule has 0 spiro atoms. The van der Waals surface area contributed by atoms with Crippen LogP contribution in [0, 0.1) is 11.8 Å². The van der Waals surface area contributed by atoms with E-state index in [4.69, 9.17) is 19.4 Å². The number of hydrogen-bond acceptors (Lipinski definition) is 5. The van der Waals surface area contributed by atoms with Crippen molar-refractivity contribution in [3.8, 4) is 0 Å². The van der Waals surface area contributed by atoms with E-state index in [-0.39, 0.29) is 0 Å². The van der Waals surface area contributed by atoms with Crippen molar-refractivity contribution < 1.29 is 32.5 Å². The molecular weight excluding hydrogens is 353 g/mol. The number of aromatic nitrogens is 1. The van der Waals surface area contributed by atoms with E-state index < -0.39 is 12.1 Å². The zero-order valence-electron chi connectivity index (χ0n) is 14.5. The molecule has 0 radical (unpaired) electrons. The molecule has 3 rings (SSSR count). The number of likely N-dealkylation sites (tertiary alicyclic amines) is 1. The van der Waals surface area contributed by atoms with E-state index in [0.29, 0.717) is 17.9 Å². The fourth-order valence-corrected chi connectivity index (χ4v) is 3.33. The number of fused-ring (bicyclic) bond motifs is 1. The highest BCUT2D eigenvalue weighted by Gasteiger charge is 2.43. The lowest BCUT2D eigenvalue weighted by atomic mass is 9.91. The van der Waals surface area contributed by atoms with Gasteiger partial charge in [0.15, 0.2) is 0 Å². The van der Waals surface area contributed by atoms with Gasteiger partial charge in [-0.05, 0) is 24.0 Å². The number of rotatable bonds is 5. The van der Waals surface area contributed by atoms with E-state index in [2.05, 4.69) is 16.0 Å². The maximum Gasteiger partial charge on any atom is 0.490 e. The van der Waals surface area contributed by atoms with Crippen LogP contribution in [0.4, 0.5) is 13.2 Å². The second-order valence-electron chi connectivity index (χ2n) is 6.44. The Morgan fingerprint density at radius 1 is 1.46 bits per heavy atom. The number of carbonyl (C=O) groups is 1. The van der Waals surface area contributed by atoms with Gasteiger partial charge in [0.2, 0.25) is 0 Å². The fraction of sp³-hybridized carbons (Fsp3) is 0.647. The molecule has 6 nitrogen and oxygen atoms in total. The van der Waals surface area contributed by atoms with Crippen molar-refractivity contribution in [2.24, 2.45) is 11.8 Å². The molecule has 3 atom stereocenters. The molecule has 2 fully saturated rings. The molecule has 0 bridgehead atoms. The van der Waals surface area contributed by atoms with Gasteiger partial charge in [-0.2, -0.15) is 13.2 Å². The Kier molecular flexibility index (Phi) is 7.36. The van der Waals surface area contributed by atoms with Crippen molar-refractivity contribution in [3.05, 3.63) is 30.1 Å². The molecule has 146 valence electrons. The van der Waals surface area contributed by atoms with Crippen LogP contribution in [0.25, 0.3) is 0 Å². The van der Waals surface area contributed by atoms with Crippen LogP contribution < -0.4 is 0 Å². The van der Waals surface area contributed by atoms with Gasteiger partial charge in [0.25, 0.3) is 0 Å². The van der Waals surface area contributed by atoms with Crippen LogP contribution in [0.2, 0.25) is 0 Å². The highest BCUT2D eigenvalue weighted by Crippen LogP contribution is 2.35. The van der Waals surface area contributed by atoms with E-state index in [1.807, 2.05) is 18.5 Å². The Morgan fingerprint density at radius 3 is 2.77 bits per heavy atom. The standard InChI is InChI=1S/C15H22N2O2.C2HF3O2/c1-18-6-4-13-11-19-15-10-17(9-14(13)15)8-12-3-2-5-16-7-12;3-2(4,5)1(6)7/h2-3,5,7,13-15H,4,6,8-11H2,1H3;(H,6,7)/t13-,14-,15-;/m0./s1. The maximum absolute atomic E-state index is 10.6. The molecule has 2 aliphatic rings. The summed E-state index contributed by atoms with van der Waals surface area (Å²) in [6, 6.07) is 4.15. The first-order valence-electron chi connectivity index (χ1n) is 8.33. The van der Waals surface area contributed by atoms with E-state index >= 15 is 0 Å². The summed E-state index contributed by atoms with van der Waals surface area (Å²) in [7, 11) is 1.77. The van der Waals surface area contributed by atoms with Crippen LogP contribution in [0.5, 0.6) is 0 Å². The largest absolute Gasteiger partial charge is 0.490 e. The molecule has 9 heteroatoms. The zero-order valence-corrected chi connectivity index (χ0v) is 14.5. The predicted molar refractivity (Wildman–Crippen MR) is 86.4 cm³/mol. The minimum atomic E-state index is -5.08. The normalized spacial score (nSPS) is 25.5. The van der Waals surface area contributed by atoms with Crippen LogP contribution in [-0.4, -0.2) is 66.7 Å². The van der Waals surface area contributed by atoms with Gasteiger partial charge in [-0.1, -0.05) is 6.07 Å². The molecule has 3 heterocycles. The Balaban J connectivity index is 0.000000298. The number of nitrogens with zero attached hydrogens (tertiary/aromatic N) is 2. The summed E-state index contributed by atoms with van der Waals surface area (Å²) in [5.41, 5.74) is 1.29. The Morgan fingerprint density at radius 2 is 2.19 bits per heavy atom. The lowest BCUT2D eigenvalue weighted by Crippen LogP contribution is -2.24. The number of alkyl halides is 3. The molecule has 2 aliphatic heterocycles. The highest BCUT2D eigenvalue weighted by atomic mass is 19.4. The van der Waals surface area contributed by atoms with E-state index in [1.54, 1.807) is 7.11 Å². The second kappa shape index (κ2) is 9.29. The summed E-state index contributed by atoms with van der Waals surface area (Å²) in [6.07, 6.45) is 0.250. The predicted octanol–water partition coefficient (Wildman–Crippen LogP) is 2.20. The zero-order chi connectivity index (χ0) is 19.2. The molecule has 1 N–H and O–H groups in total. The first kappa shape index (κ1) is 20.6. The van der Waals surface area contributed by atoms with Gasteiger partial charge in [0.1, 0.15) is 0 Å². The SMILES string of the molecule is COCC[C@H]1CO[C@H]2CN(Cc3cccnc3)C[C@@H]12.O=C(O)C(F)(F)F. The molecule has 1 aromatic heterocycles. The third-order valence-corrected chi connectivity index (χ3v) is 4.58. The van der Waals surface area contributed by atoms with Crippen LogP contribution in [-0.2, 0) is 20.8 Å². The van der Waals surface area contributed by atoms with Crippen molar-refractivity contribution in [2.45, 2.75) is 25.2 Å². The lowest BCUT2D eigenvalue weighted by Gasteiger charge is -2.19. The number of hydrogen-bond donors (Lipinski definition) is 1. The minimum Gasteiger partial charge on any atom is -0.475 e. The van der Waals surface area contributed by atoms with Gasteiger partial charge in [-0.15, -0.1) is 0 Å². The third-order valence-electron chi connectivity index (χ3n) is 4.58. The average Bonchev–Trinajstić information content (AvgIpc) is 3.14. The number of ether oxygens (including phenoxy) is 2. The molecular formula is C17H23F3N2O4. The summed E-state index contributed by atoms with van der Waals surface area (Å²) in [5, 5.41) is 7.12. The van der Waals surface area contributed by atoms with Crippen LogP contribution >= 0.6 is 0 Å². The number of pyridine rings is 1. The van der Waals surface area contributed by atoms with Gasteiger partial charge >= 0.3 is 12.1 Å². The molecule has 1 aromatic rings. The minimum absolute atomic E-state index is 0.429. The van der Waals surface area contributed by atoms with Crippen molar-refractivity contribution >= 4 is 5.97 Å². The quantitative estimate of drug-likeness (QED) is 0.850. The molecule has 0 aliphatic carbocycles. The lowest BCUT2D eigenvalue weighted by molar-refractivity contribution is -0.192. The van der Waals surface area contributed by atoms with Crippen molar-refractivity contribution in [1.82, 2.24) is 9.88 Å². The number of carboxylic acids is 1. The van der Waals surface area contributed by atoms with Crippen molar-refractivity contribution in [3.63, 3.8) is 0 Å². The van der Waals surface area contributed by atoms with Gasteiger partial charge in [-0.3, -0.25) is 9.88 Å². The smallest absolute Gasteiger partial charge is 0.475 e. The van der Waals surface area contributed by atoms with Gasteiger partial charge in [-0.25, -0.2) is 4.79 Å². The summed E-state index contributed by atoms with van der Waals surface area (Å²) in [5.74, 6) is -1.40. The average molecular weight is 376 g/mol. The van der Waals surface area contributed by atoms with Crippen LogP contribution in [0.1, 0.15) is 12.0 Å². The molecule has 26 heavy (non-hydrogen) atoms. The highest BCUT2D eigenvalue weighted by molar-refractivity contribution is 5.73. The maximum atomic E-state index is 10.6. The summed E-state index contributed by atoms with van der Waals surface area (Å²) >= 11 is 0. The molecule has 0 aromatic carbocycles. The molecule has 0 amide bonds. The van der Waals surface area contributed by atoms with E-state index in [0.717, 1.165) is 39.3 Å². The van der Waals surface area contributed by atoms with E-state index in [9.17, 15) is 13.2 Å². The van der Waals surface area contributed by atoms with Crippen LogP contribution in [0.15, 0.2) is 24.5 Å². The summed E-state index contributed by atoms with van der Waals surface area (Å²) in [4.78, 5) is 15.6. The van der Waals surface area contributed by atoms with Gasteiger partial charge in [0, 0.05) is 51.7 Å². The Bertz CT molecular complexity index is 571. The summed E-state index contributed by atoms with van der Waals surface area (Å²) < 4.78 is 42.9. The third kappa shape index (κ3) is 5.93. The number of methoxy groups -OCH3 is 1. The monoisotopic (exact) mass is 376 g/mol. The molecule has 0 saturated carbocycles. The Hall–Kier alpha value is -1.71. The van der Waals surface area contributed by atoms with Crippen molar-refractivity contribution in [2.75, 3.05) is 33.4 Å². The summed E-state index contributed by atoms with van der Waals surface area (Å²) in [6.45, 7) is 4.96.